The first-order valence-electron chi connectivity index (χ1n) is 6.65. The summed E-state index contributed by atoms with van der Waals surface area (Å²) in [6, 6.07) is 4.08. The fourth-order valence-corrected chi connectivity index (χ4v) is 3.97. The fourth-order valence-electron chi connectivity index (χ4n) is 2.38. The molecule has 112 valence electrons. The van der Waals surface area contributed by atoms with Crippen molar-refractivity contribution >= 4 is 31.6 Å². The molecule has 0 spiro atoms. The van der Waals surface area contributed by atoms with Crippen LogP contribution in [0.1, 0.15) is 32.1 Å². The number of aliphatic hydroxyl groups excluding tert-OH is 1. The molecule has 0 saturated heterocycles. The van der Waals surface area contributed by atoms with E-state index >= 15 is 0 Å². The van der Waals surface area contributed by atoms with Crippen molar-refractivity contribution in [3.63, 3.8) is 0 Å². The number of benzene rings is 1. The van der Waals surface area contributed by atoms with Crippen molar-refractivity contribution in [3.8, 4) is 0 Å². The predicted octanol–water partition coefficient (Wildman–Crippen LogP) is 2.00. The number of halogens is 1. The van der Waals surface area contributed by atoms with Gasteiger partial charge in [0.05, 0.1) is 11.0 Å². The Balaban J connectivity index is 2.19. The molecule has 0 aliphatic heterocycles. The summed E-state index contributed by atoms with van der Waals surface area (Å²) < 4.78 is 27.9. The topological polar surface area (TPSA) is 92.4 Å². The van der Waals surface area contributed by atoms with Gasteiger partial charge in [0, 0.05) is 16.2 Å². The third kappa shape index (κ3) is 3.72. The number of anilines is 1. The number of nitrogens with one attached hydrogen (secondary N) is 1. The number of nitrogens with two attached hydrogens (primary N) is 1. The van der Waals surface area contributed by atoms with Gasteiger partial charge in [-0.1, -0.05) is 19.3 Å². The van der Waals surface area contributed by atoms with Crippen molar-refractivity contribution in [3.05, 3.63) is 22.7 Å². The number of nitrogen functional groups attached to an aromatic ring is 1. The largest absolute Gasteiger partial charge is 0.398 e. The molecule has 1 aliphatic carbocycles. The highest BCUT2D eigenvalue weighted by molar-refractivity contribution is 9.10. The van der Waals surface area contributed by atoms with Gasteiger partial charge < -0.3 is 10.8 Å². The van der Waals surface area contributed by atoms with Crippen LogP contribution in [0.2, 0.25) is 0 Å². The summed E-state index contributed by atoms with van der Waals surface area (Å²) in [6.45, 7) is 0. The molecule has 4 N–H and O–H groups in total. The second kappa shape index (κ2) is 6.43. The molecule has 1 aliphatic rings. The maximum Gasteiger partial charge on any atom is 0.240 e. The van der Waals surface area contributed by atoms with E-state index in [9.17, 15) is 13.5 Å². The van der Waals surface area contributed by atoms with Crippen molar-refractivity contribution in [2.45, 2.75) is 49.1 Å². The van der Waals surface area contributed by atoms with Gasteiger partial charge in [0.25, 0.3) is 0 Å². The fraction of sp³-hybridized carbons (Fsp3) is 0.538. The van der Waals surface area contributed by atoms with Crippen LogP contribution >= 0.6 is 15.9 Å². The lowest BCUT2D eigenvalue weighted by atomic mass is 10.1. The van der Waals surface area contributed by atoms with Gasteiger partial charge in [-0.25, -0.2) is 13.1 Å². The average molecular weight is 363 g/mol. The summed E-state index contributed by atoms with van der Waals surface area (Å²) in [6.07, 6.45) is 3.56. The van der Waals surface area contributed by atoms with Gasteiger partial charge in [-0.3, -0.25) is 0 Å². The average Bonchev–Trinajstić information content (AvgIpc) is 2.58. The molecule has 1 fully saturated rings. The van der Waals surface area contributed by atoms with Crippen molar-refractivity contribution in [1.82, 2.24) is 4.72 Å². The standard InChI is InChI=1S/C13H19BrN2O3S/c14-10-7-6-9(8-11(10)15)20(18,19)16-12-4-2-1-3-5-13(12)17/h6-8,12-13,16-17H,1-5,15H2. The van der Waals surface area contributed by atoms with Crippen LogP contribution < -0.4 is 10.5 Å². The molecule has 2 unspecified atom stereocenters. The maximum atomic E-state index is 12.3. The monoisotopic (exact) mass is 362 g/mol. The van der Waals surface area contributed by atoms with Crippen molar-refractivity contribution in [2.75, 3.05) is 5.73 Å². The SMILES string of the molecule is Nc1cc(S(=O)(=O)NC2CCCCCC2O)ccc1Br. The van der Waals surface area contributed by atoms with Gasteiger partial charge in [0.2, 0.25) is 10.0 Å². The van der Waals surface area contributed by atoms with Crippen LogP contribution in [0.3, 0.4) is 0 Å². The van der Waals surface area contributed by atoms with Gasteiger partial charge in [0.1, 0.15) is 0 Å². The minimum atomic E-state index is -3.66. The molecule has 5 nitrogen and oxygen atoms in total. The maximum absolute atomic E-state index is 12.3. The lowest BCUT2D eigenvalue weighted by molar-refractivity contribution is 0.130. The van der Waals surface area contributed by atoms with Gasteiger partial charge >= 0.3 is 0 Å². The van der Waals surface area contributed by atoms with Gasteiger partial charge in [-0.05, 0) is 47.0 Å². The van der Waals surface area contributed by atoms with E-state index in [2.05, 4.69) is 20.7 Å². The summed E-state index contributed by atoms with van der Waals surface area (Å²) in [5.74, 6) is 0. The molecule has 0 radical (unpaired) electrons. The Bertz CT molecular complexity index is 577. The summed E-state index contributed by atoms with van der Waals surface area (Å²) >= 11 is 3.23. The van der Waals surface area contributed by atoms with Crippen molar-refractivity contribution < 1.29 is 13.5 Å². The quantitative estimate of drug-likeness (QED) is 0.566. The molecule has 7 heteroatoms. The van der Waals surface area contributed by atoms with Crippen LogP contribution in [0.15, 0.2) is 27.6 Å². The van der Waals surface area contributed by atoms with Crippen LogP contribution in [0.25, 0.3) is 0 Å². The highest BCUT2D eigenvalue weighted by Crippen LogP contribution is 2.24. The smallest absolute Gasteiger partial charge is 0.240 e. The Kier molecular flexibility index (Phi) is 5.06. The predicted molar refractivity (Wildman–Crippen MR) is 81.8 cm³/mol. The number of aliphatic hydroxyl groups is 1. The Labute approximate surface area is 127 Å². The second-order valence-corrected chi connectivity index (χ2v) is 7.68. The Morgan fingerprint density at radius 2 is 1.95 bits per heavy atom. The molecule has 20 heavy (non-hydrogen) atoms. The summed E-state index contributed by atoms with van der Waals surface area (Å²) in [7, 11) is -3.66. The number of sulfonamides is 1. The molecule has 0 heterocycles. The first kappa shape index (κ1) is 15.8. The van der Waals surface area contributed by atoms with Crippen LogP contribution in [-0.4, -0.2) is 25.7 Å². The van der Waals surface area contributed by atoms with Gasteiger partial charge in [-0.15, -0.1) is 0 Å². The van der Waals surface area contributed by atoms with Crippen LogP contribution in [0.4, 0.5) is 5.69 Å². The number of rotatable bonds is 3. The molecular weight excluding hydrogens is 344 g/mol. The molecule has 2 atom stereocenters. The Morgan fingerprint density at radius 3 is 2.65 bits per heavy atom. The molecule has 2 rings (SSSR count). The summed E-state index contributed by atoms with van der Waals surface area (Å²) in [5.41, 5.74) is 6.08. The van der Waals surface area contributed by atoms with Crippen molar-refractivity contribution in [1.29, 1.82) is 0 Å². The minimum absolute atomic E-state index is 0.120. The Hall–Kier alpha value is -0.630. The molecule has 0 bridgehead atoms. The zero-order chi connectivity index (χ0) is 14.8. The van der Waals surface area contributed by atoms with E-state index in [0.29, 0.717) is 23.0 Å². The third-order valence-electron chi connectivity index (χ3n) is 3.56. The first-order valence-corrected chi connectivity index (χ1v) is 8.93. The Morgan fingerprint density at radius 1 is 1.25 bits per heavy atom. The minimum Gasteiger partial charge on any atom is -0.398 e. The number of hydrogen-bond acceptors (Lipinski definition) is 4. The molecule has 1 aromatic rings. The third-order valence-corrected chi connectivity index (χ3v) is 5.77. The second-order valence-electron chi connectivity index (χ2n) is 5.12. The molecule has 1 aromatic carbocycles. The van der Waals surface area contributed by atoms with Crippen molar-refractivity contribution in [2.24, 2.45) is 0 Å². The van der Waals surface area contributed by atoms with E-state index in [-0.39, 0.29) is 4.90 Å². The first-order chi connectivity index (χ1) is 9.40. The molecule has 1 saturated carbocycles. The van der Waals surface area contributed by atoms with Crippen LogP contribution in [0, 0.1) is 0 Å². The van der Waals surface area contributed by atoms with E-state index in [1.807, 2.05) is 0 Å². The van der Waals surface area contributed by atoms with E-state index in [1.54, 1.807) is 6.07 Å². The zero-order valence-electron chi connectivity index (χ0n) is 11.0. The summed E-state index contributed by atoms with van der Waals surface area (Å²) in [4.78, 5) is 0.120. The summed E-state index contributed by atoms with van der Waals surface area (Å²) in [5, 5.41) is 10.00. The van der Waals surface area contributed by atoms with E-state index in [1.165, 1.54) is 12.1 Å². The van der Waals surface area contributed by atoms with Gasteiger partial charge in [-0.2, -0.15) is 0 Å². The van der Waals surface area contributed by atoms with Crippen LogP contribution in [-0.2, 0) is 10.0 Å². The van der Waals surface area contributed by atoms with Gasteiger partial charge in [0.15, 0.2) is 0 Å². The van der Waals surface area contributed by atoms with E-state index in [0.717, 1.165) is 19.3 Å². The van der Waals surface area contributed by atoms with Crippen LogP contribution in [0.5, 0.6) is 0 Å². The van der Waals surface area contributed by atoms with E-state index < -0.39 is 22.2 Å². The zero-order valence-corrected chi connectivity index (χ0v) is 13.5. The normalized spacial score (nSPS) is 24.3. The number of hydrogen-bond donors (Lipinski definition) is 3. The molecule has 0 aromatic heterocycles. The lowest BCUT2D eigenvalue weighted by Gasteiger charge is -2.21. The van der Waals surface area contributed by atoms with E-state index in [4.69, 9.17) is 5.73 Å². The molecule has 0 amide bonds. The lowest BCUT2D eigenvalue weighted by Crippen LogP contribution is -2.42. The highest BCUT2D eigenvalue weighted by Gasteiger charge is 2.27. The highest BCUT2D eigenvalue weighted by atomic mass is 79.9. The molecular formula is C13H19BrN2O3S.